The lowest BCUT2D eigenvalue weighted by Gasteiger charge is -2.22. The van der Waals surface area contributed by atoms with Crippen molar-refractivity contribution in [3.8, 4) is 10.6 Å². The summed E-state index contributed by atoms with van der Waals surface area (Å²) in [6, 6.07) is 4.13. The number of hydrogen-bond acceptors (Lipinski definition) is 4. The highest BCUT2D eigenvalue weighted by molar-refractivity contribution is 7.13. The summed E-state index contributed by atoms with van der Waals surface area (Å²) in [5.74, 6) is -0.0477. The molecule has 0 atom stereocenters. The van der Waals surface area contributed by atoms with Crippen LogP contribution in [0.4, 0.5) is 0 Å². The first-order chi connectivity index (χ1) is 9.83. The van der Waals surface area contributed by atoms with Crippen molar-refractivity contribution in [1.29, 1.82) is 0 Å². The maximum atomic E-state index is 12.2. The highest BCUT2D eigenvalue weighted by Gasteiger charge is 2.18. The molecule has 0 radical (unpaired) electrons. The van der Waals surface area contributed by atoms with Crippen molar-refractivity contribution < 1.29 is 4.79 Å². The molecule has 0 saturated heterocycles. The van der Waals surface area contributed by atoms with Crippen molar-refractivity contribution in [2.24, 2.45) is 0 Å². The van der Waals surface area contributed by atoms with Crippen LogP contribution in [-0.4, -0.2) is 21.9 Å². The van der Waals surface area contributed by atoms with Gasteiger partial charge in [0.15, 0.2) is 0 Å². The number of rotatable bonds is 3. The molecule has 2 aromatic heterocycles. The average Bonchev–Trinajstić information content (AvgIpc) is 2.99. The zero-order chi connectivity index (χ0) is 13.8. The molecule has 104 valence electrons. The normalized spacial score (nSPS) is 16.0. The van der Waals surface area contributed by atoms with Crippen LogP contribution in [0.25, 0.3) is 10.6 Å². The molecule has 1 aliphatic rings. The molecular formula is C15H17N3OS. The molecule has 1 amide bonds. The molecule has 1 saturated carbocycles. The maximum Gasteiger partial charge on any atom is 0.270 e. The lowest BCUT2D eigenvalue weighted by molar-refractivity contribution is 0.0923. The van der Waals surface area contributed by atoms with E-state index in [0.717, 1.165) is 23.4 Å². The average molecular weight is 287 g/mol. The van der Waals surface area contributed by atoms with E-state index in [1.165, 1.54) is 30.6 Å². The summed E-state index contributed by atoms with van der Waals surface area (Å²) < 4.78 is 0. The van der Waals surface area contributed by atoms with Gasteiger partial charge in [-0.2, -0.15) is 0 Å². The number of nitrogens with zero attached hydrogens (tertiary/aromatic N) is 2. The van der Waals surface area contributed by atoms with Crippen LogP contribution in [0.5, 0.6) is 0 Å². The molecule has 0 aliphatic heterocycles. The molecule has 1 fully saturated rings. The Balaban J connectivity index is 1.68. The molecule has 20 heavy (non-hydrogen) atoms. The molecule has 0 aromatic carbocycles. The molecule has 2 heterocycles. The van der Waals surface area contributed by atoms with Gasteiger partial charge in [-0.15, -0.1) is 11.3 Å². The molecule has 1 N–H and O–H groups in total. The molecule has 0 unspecified atom stereocenters. The number of pyridine rings is 1. The number of aromatic nitrogens is 2. The van der Waals surface area contributed by atoms with Crippen LogP contribution >= 0.6 is 11.3 Å². The topological polar surface area (TPSA) is 54.9 Å². The first kappa shape index (κ1) is 13.2. The van der Waals surface area contributed by atoms with Crippen molar-refractivity contribution in [2.45, 2.75) is 38.1 Å². The number of thiazole rings is 1. The summed E-state index contributed by atoms with van der Waals surface area (Å²) in [6.07, 6.45) is 9.36. The van der Waals surface area contributed by atoms with Gasteiger partial charge in [-0.1, -0.05) is 19.3 Å². The fourth-order valence-electron chi connectivity index (χ4n) is 2.51. The Hall–Kier alpha value is -1.75. The smallest absolute Gasteiger partial charge is 0.270 e. The van der Waals surface area contributed by atoms with E-state index in [2.05, 4.69) is 15.3 Å². The monoisotopic (exact) mass is 287 g/mol. The zero-order valence-corrected chi connectivity index (χ0v) is 12.0. The predicted octanol–water partition coefficient (Wildman–Crippen LogP) is 3.27. The van der Waals surface area contributed by atoms with E-state index >= 15 is 0 Å². The standard InChI is InChI=1S/C15H17N3OS/c19-14(17-12-4-2-1-3-5-12)13-10-20-15(18-13)11-6-8-16-9-7-11/h6-10,12H,1-5H2,(H,17,19). The fraction of sp³-hybridized carbons (Fsp3) is 0.400. The number of carbonyl (C=O) groups excluding carboxylic acids is 1. The van der Waals surface area contributed by atoms with E-state index in [1.54, 1.807) is 12.4 Å². The van der Waals surface area contributed by atoms with E-state index in [0.29, 0.717) is 11.7 Å². The van der Waals surface area contributed by atoms with Gasteiger partial charge in [0.25, 0.3) is 5.91 Å². The van der Waals surface area contributed by atoms with Crippen molar-refractivity contribution in [3.63, 3.8) is 0 Å². The summed E-state index contributed by atoms with van der Waals surface area (Å²) in [4.78, 5) is 20.6. The third-order valence-electron chi connectivity index (χ3n) is 3.60. The maximum absolute atomic E-state index is 12.2. The largest absolute Gasteiger partial charge is 0.348 e. The van der Waals surface area contributed by atoms with Gasteiger partial charge >= 0.3 is 0 Å². The highest BCUT2D eigenvalue weighted by Crippen LogP contribution is 2.23. The molecule has 3 rings (SSSR count). The van der Waals surface area contributed by atoms with E-state index in [9.17, 15) is 4.79 Å². The second-order valence-corrected chi connectivity index (χ2v) is 5.94. The Morgan fingerprint density at radius 1 is 1.20 bits per heavy atom. The van der Waals surface area contributed by atoms with Crippen LogP contribution < -0.4 is 5.32 Å². The Morgan fingerprint density at radius 2 is 1.95 bits per heavy atom. The van der Waals surface area contributed by atoms with E-state index < -0.39 is 0 Å². The summed E-state index contributed by atoms with van der Waals surface area (Å²) >= 11 is 1.49. The van der Waals surface area contributed by atoms with Crippen LogP contribution in [0.3, 0.4) is 0 Å². The van der Waals surface area contributed by atoms with Gasteiger partial charge in [0.2, 0.25) is 0 Å². The molecule has 5 heteroatoms. The third-order valence-corrected chi connectivity index (χ3v) is 4.50. The Bertz CT molecular complexity index is 576. The lowest BCUT2D eigenvalue weighted by atomic mass is 9.95. The SMILES string of the molecule is O=C(NC1CCCCC1)c1csc(-c2ccncc2)n1. The van der Waals surface area contributed by atoms with Gasteiger partial charge < -0.3 is 5.32 Å². The minimum Gasteiger partial charge on any atom is -0.348 e. The highest BCUT2D eigenvalue weighted by atomic mass is 32.1. The molecule has 1 aliphatic carbocycles. The molecule has 0 bridgehead atoms. The van der Waals surface area contributed by atoms with Gasteiger partial charge in [-0.3, -0.25) is 9.78 Å². The second-order valence-electron chi connectivity index (χ2n) is 5.08. The fourth-order valence-corrected chi connectivity index (χ4v) is 3.32. The number of amides is 1. The summed E-state index contributed by atoms with van der Waals surface area (Å²) in [6.45, 7) is 0. The van der Waals surface area contributed by atoms with E-state index in [-0.39, 0.29) is 5.91 Å². The number of carbonyl (C=O) groups is 1. The summed E-state index contributed by atoms with van der Waals surface area (Å²) in [5.41, 5.74) is 1.52. The van der Waals surface area contributed by atoms with Gasteiger partial charge in [0.1, 0.15) is 10.7 Å². The van der Waals surface area contributed by atoms with E-state index in [4.69, 9.17) is 0 Å². The van der Waals surface area contributed by atoms with Crippen LogP contribution in [-0.2, 0) is 0 Å². The summed E-state index contributed by atoms with van der Waals surface area (Å²) in [7, 11) is 0. The van der Waals surface area contributed by atoms with Crippen molar-refractivity contribution >= 4 is 17.2 Å². The minimum atomic E-state index is -0.0477. The Morgan fingerprint density at radius 3 is 2.70 bits per heavy atom. The minimum absolute atomic E-state index is 0.0477. The molecular weight excluding hydrogens is 270 g/mol. The lowest BCUT2D eigenvalue weighted by Crippen LogP contribution is -2.36. The molecule has 0 spiro atoms. The van der Waals surface area contributed by atoms with Crippen molar-refractivity contribution in [3.05, 3.63) is 35.6 Å². The Kier molecular flexibility index (Phi) is 4.06. The van der Waals surface area contributed by atoms with Gasteiger partial charge in [-0.25, -0.2) is 4.98 Å². The number of hydrogen-bond donors (Lipinski definition) is 1. The second kappa shape index (κ2) is 6.13. The van der Waals surface area contributed by atoms with Gasteiger partial charge in [-0.05, 0) is 25.0 Å². The first-order valence-electron chi connectivity index (χ1n) is 7.00. The van der Waals surface area contributed by atoms with Gasteiger partial charge in [0, 0.05) is 29.4 Å². The molecule has 4 nitrogen and oxygen atoms in total. The van der Waals surface area contributed by atoms with Crippen LogP contribution in [0.1, 0.15) is 42.6 Å². The van der Waals surface area contributed by atoms with Crippen LogP contribution in [0.2, 0.25) is 0 Å². The number of nitrogens with one attached hydrogen (secondary N) is 1. The zero-order valence-electron chi connectivity index (χ0n) is 11.2. The van der Waals surface area contributed by atoms with Crippen LogP contribution in [0.15, 0.2) is 29.9 Å². The van der Waals surface area contributed by atoms with Gasteiger partial charge in [0.05, 0.1) is 0 Å². The quantitative estimate of drug-likeness (QED) is 0.942. The van der Waals surface area contributed by atoms with Crippen molar-refractivity contribution in [1.82, 2.24) is 15.3 Å². The van der Waals surface area contributed by atoms with Crippen molar-refractivity contribution in [2.75, 3.05) is 0 Å². The Labute approximate surface area is 122 Å². The summed E-state index contributed by atoms with van der Waals surface area (Å²) in [5, 5.41) is 5.78. The molecule has 2 aromatic rings. The predicted molar refractivity (Wildman–Crippen MR) is 79.7 cm³/mol. The van der Waals surface area contributed by atoms with E-state index in [1.807, 2.05) is 17.5 Å². The third kappa shape index (κ3) is 3.04. The first-order valence-corrected chi connectivity index (χ1v) is 7.88. The van der Waals surface area contributed by atoms with Crippen LogP contribution in [0, 0.1) is 0 Å².